The molecule has 0 radical (unpaired) electrons. The Morgan fingerprint density at radius 2 is 0.729 bits per heavy atom. The summed E-state index contributed by atoms with van der Waals surface area (Å²) in [5.74, 6) is 0.975. The Labute approximate surface area is 598 Å². The summed E-state index contributed by atoms with van der Waals surface area (Å²) in [6, 6.07) is 0. The van der Waals surface area contributed by atoms with E-state index < -0.39 is 6.29 Å². The lowest BCUT2D eigenvalue weighted by molar-refractivity contribution is -0.150. The molecule has 0 amide bonds. The van der Waals surface area contributed by atoms with Gasteiger partial charge >= 0.3 is 11.9 Å². The highest BCUT2D eigenvalue weighted by molar-refractivity contribution is 5.72. The lowest BCUT2D eigenvalue weighted by atomic mass is 9.94. The smallest absolute Gasteiger partial charge is 0.308 e. The first kappa shape index (κ1) is 93.7. The zero-order valence-corrected chi connectivity index (χ0v) is 65.1. The molecule has 0 aliphatic carbocycles. The monoisotopic (exact) mass is 1350 g/mol. The lowest BCUT2D eigenvalue weighted by Crippen LogP contribution is -2.29. The van der Waals surface area contributed by atoms with Crippen LogP contribution >= 0.6 is 0 Å². The third-order valence-corrected chi connectivity index (χ3v) is 19.8. The van der Waals surface area contributed by atoms with Crippen LogP contribution in [0.3, 0.4) is 0 Å². The quantitative estimate of drug-likeness (QED) is 0.0266. The molecule has 96 heavy (non-hydrogen) atoms. The highest BCUT2D eigenvalue weighted by atomic mass is 16.6. The van der Waals surface area contributed by atoms with Gasteiger partial charge in [0.25, 0.3) is 0 Å². The van der Waals surface area contributed by atoms with Crippen LogP contribution in [0, 0.1) is 11.8 Å². The molecule has 0 aromatic rings. The molecule has 0 aromatic heterocycles. The van der Waals surface area contributed by atoms with E-state index in [0.29, 0.717) is 19.6 Å². The summed E-state index contributed by atoms with van der Waals surface area (Å²) in [4.78, 5) is 30.3. The Morgan fingerprint density at radius 3 is 1.18 bits per heavy atom. The van der Waals surface area contributed by atoms with E-state index in [1.807, 2.05) is 0 Å². The minimum atomic E-state index is -0.629. The normalized spacial score (nSPS) is 13.2. The van der Waals surface area contributed by atoms with Gasteiger partial charge in [-0.1, -0.05) is 307 Å². The number of carbonyl (C=O) groups excluding carboxylic acids is 2. The molecule has 3 atom stereocenters. The second kappa shape index (κ2) is 78.4. The van der Waals surface area contributed by atoms with E-state index in [1.165, 1.54) is 270 Å². The molecule has 3 unspecified atom stereocenters. The molecule has 0 aromatic carbocycles. The number of hydrogen-bond donors (Lipinski definition) is 2. The molecule has 0 aliphatic heterocycles. The van der Waals surface area contributed by atoms with E-state index in [0.717, 1.165) is 141 Å². The van der Waals surface area contributed by atoms with Crippen molar-refractivity contribution in [3.05, 3.63) is 48.6 Å². The van der Waals surface area contributed by atoms with Crippen LogP contribution in [0.4, 0.5) is 0 Å². The first-order chi connectivity index (χ1) is 47.2. The summed E-state index contributed by atoms with van der Waals surface area (Å²) >= 11 is 0. The van der Waals surface area contributed by atoms with Gasteiger partial charge in [-0.3, -0.25) is 9.59 Å². The number of unbranched alkanes of at least 4 members (excludes halogenated alkanes) is 40. The Morgan fingerprint density at radius 1 is 0.375 bits per heavy atom. The molecule has 0 saturated heterocycles. The molecular weight excluding hydrogens is 1180 g/mol. The van der Waals surface area contributed by atoms with Crippen LogP contribution in [0.1, 0.15) is 413 Å². The second-order valence-electron chi connectivity index (χ2n) is 29.8. The number of hydrogen-bond acceptors (Lipinski definition) is 9. The third-order valence-electron chi connectivity index (χ3n) is 19.8. The summed E-state index contributed by atoms with van der Waals surface area (Å²) in [7, 11) is 4.13. The van der Waals surface area contributed by atoms with Crippen molar-refractivity contribution in [1.29, 1.82) is 0 Å². The number of aliphatic hydroxyl groups excluding tert-OH is 2. The molecule has 0 aliphatic rings. The summed E-state index contributed by atoms with van der Waals surface area (Å²) < 4.78 is 17.7. The van der Waals surface area contributed by atoms with Gasteiger partial charge in [-0.15, -0.1) is 0 Å². The maximum Gasteiger partial charge on any atom is 0.308 e. The van der Waals surface area contributed by atoms with Gasteiger partial charge in [0.15, 0.2) is 6.29 Å². The first-order valence-electron chi connectivity index (χ1n) is 42.4. The molecule has 566 valence electrons. The van der Waals surface area contributed by atoms with Crippen molar-refractivity contribution in [2.45, 2.75) is 425 Å². The van der Waals surface area contributed by atoms with Crippen LogP contribution in [0.5, 0.6) is 0 Å². The number of aliphatic hydroxyl groups is 2. The van der Waals surface area contributed by atoms with Crippen molar-refractivity contribution in [1.82, 2.24) is 9.80 Å². The Bertz CT molecular complexity index is 1670. The van der Waals surface area contributed by atoms with E-state index in [1.54, 1.807) is 0 Å². The third kappa shape index (κ3) is 72.9. The largest absolute Gasteiger partial charge is 0.465 e. The summed E-state index contributed by atoms with van der Waals surface area (Å²) in [5, 5.41) is 20.1. The molecule has 9 nitrogen and oxygen atoms in total. The van der Waals surface area contributed by atoms with Crippen molar-refractivity contribution < 1.29 is 34.0 Å². The van der Waals surface area contributed by atoms with Gasteiger partial charge in [-0.05, 0) is 187 Å². The SMILES string of the molecule is CCCCC/C=C\C/C=C\CCCCCCCCC(CCCCCCCC/C=C\C/C=C\CCCCCC(C)CCCCCCCOC(O)CCCCCCCN(CCO)CCCCCCCOC(=O)C(CCCCCCCC)CCCCCCCC)OC(=O)CCCN(C)C. The van der Waals surface area contributed by atoms with E-state index in [2.05, 4.69) is 100 Å². The second-order valence-corrected chi connectivity index (χ2v) is 29.8. The fourth-order valence-electron chi connectivity index (χ4n) is 13.4. The highest BCUT2D eigenvalue weighted by Gasteiger charge is 2.20. The van der Waals surface area contributed by atoms with Gasteiger partial charge in [0.2, 0.25) is 0 Å². The van der Waals surface area contributed by atoms with E-state index in [9.17, 15) is 19.8 Å². The molecule has 0 spiro atoms. The van der Waals surface area contributed by atoms with Gasteiger partial charge in [0, 0.05) is 19.6 Å². The topological polar surface area (TPSA) is 109 Å². The fraction of sp³-hybridized carbons (Fsp3) is 0.885. The van der Waals surface area contributed by atoms with Gasteiger partial charge in [-0.25, -0.2) is 0 Å². The standard InChI is InChI=1S/C87H166N2O7/c1-7-10-13-16-19-20-21-22-23-27-30-33-36-39-48-59-71-84(96-86(92)74-66-75-88(5)6)72-60-49-40-37-34-31-28-25-24-26-29-32-35-38-44-55-67-82(4)68-56-45-42-53-64-80-94-85(91)73-61-50-41-51-62-76-89(78-79-90)77-63-52-43-54-65-81-95-87(93)83(69-57-46-17-14-11-8-2)70-58-47-18-15-12-9-3/h19-20,22-25,29,32,82-85,90-91H,7-18,21,26-28,30-31,33-81H2,1-6H3/b20-19-,23-22-,25-24-,32-29-. The lowest BCUT2D eigenvalue weighted by Gasteiger charge is -2.21. The van der Waals surface area contributed by atoms with Gasteiger partial charge in [0.1, 0.15) is 6.10 Å². The van der Waals surface area contributed by atoms with Crippen molar-refractivity contribution >= 4 is 11.9 Å². The van der Waals surface area contributed by atoms with E-state index in [-0.39, 0.29) is 30.6 Å². The number of nitrogens with zero attached hydrogens (tertiary/aromatic N) is 2. The zero-order valence-electron chi connectivity index (χ0n) is 65.1. The number of allylic oxidation sites excluding steroid dienone is 8. The van der Waals surface area contributed by atoms with Crippen LogP contribution in [-0.4, -0.2) is 104 Å². The molecule has 0 bridgehead atoms. The van der Waals surface area contributed by atoms with Crippen LogP contribution in [0.2, 0.25) is 0 Å². The molecular formula is C87H166N2O7. The number of rotatable bonds is 79. The highest BCUT2D eigenvalue weighted by Crippen LogP contribution is 2.24. The molecule has 0 heterocycles. The van der Waals surface area contributed by atoms with Crippen molar-refractivity contribution in [3.8, 4) is 0 Å². The average Bonchev–Trinajstić information content (AvgIpc) is 2.95. The molecule has 2 N–H and O–H groups in total. The summed E-state index contributed by atoms with van der Waals surface area (Å²) in [5.41, 5.74) is 0. The van der Waals surface area contributed by atoms with Gasteiger partial charge in [0.05, 0.1) is 19.1 Å². The van der Waals surface area contributed by atoms with E-state index >= 15 is 0 Å². The predicted molar refractivity (Wildman–Crippen MR) is 418 cm³/mol. The van der Waals surface area contributed by atoms with Gasteiger partial charge < -0.3 is 34.2 Å². The Balaban J connectivity index is 3.88. The van der Waals surface area contributed by atoms with E-state index in [4.69, 9.17) is 14.2 Å². The Kier molecular flexibility index (Phi) is 76.5. The van der Waals surface area contributed by atoms with Crippen molar-refractivity contribution in [3.63, 3.8) is 0 Å². The minimum Gasteiger partial charge on any atom is -0.465 e. The van der Waals surface area contributed by atoms with Gasteiger partial charge in [-0.2, -0.15) is 0 Å². The minimum absolute atomic E-state index is 0.000282. The van der Waals surface area contributed by atoms with Crippen LogP contribution in [0.15, 0.2) is 48.6 Å². The van der Waals surface area contributed by atoms with Crippen LogP contribution in [-0.2, 0) is 23.8 Å². The zero-order chi connectivity index (χ0) is 69.8. The van der Waals surface area contributed by atoms with Crippen molar-refractivity contribution in [2.75, 3.05) is 60.1 Å². The fourth-order valence-corrected chi connectivity index (χ4v) is 13.4. The molecule has 0 rings (SSSR count). The number of carbonyl (C=O) groups is 2. The van der Waals surface area contributed by atoms with Crippen LogP contribution < -0.4 is 0 Å². The molecule has 9 heteroatoms. The maximum atomic E-state index is 13.1. The average molecular weight is 1350 g/mol. The maximum absolute atomic E-state index is 13.1. The molecule has 0 saturated carbocycles. The summed E-state index contributed by atoms with van der Waals surface area (Å²) in [6.45, 7) is 14.5. The first-order valence-corrected chi connectivity index (χ1v) is 42.4. The van der Waals surface area contributed by atoms with Crippen LogP contribution in [0.25, 0.3) is 0 Å². The molecule has 0 fully saturated rings. The Hall–Kier alpha value is -2.30. The predicted octanol–water partition coefficient (Wildman–Crippen LogP) is 25.6. The van der Waals surface area contributed by atoms with Crippen molar-refractivity contribution in [2.24, 2.45) is 11.8 Å². The number of ether oxygens (including phenoxy) is 3. The number of esters is 2. The summed E-state index contributed by atoms with van der Waals surface area (Å²) in [6.07, 6.45) is 90.0.